The van der Waals surface area contributed by atoms with Gasteiger partial charge in [-0.1, -0.05) is 68.5 Å². The smallest absolute Gasteiger partial charge is 0.320 e. The van der Waals surface area contributed by atoms with Crippen LogP contribution >= 0.6 is 0 Å². The molecule has 2 fully saturated rings. The summed E-state index contributed by atoms with van der Waals surface area (Å²) in [6.45, 7) is 13.1. The Kier molecular flexibility index (Phi) is 6.88. The van der Waals surface area contributed by atoms with Crippen LogP contribution in [-0.2, 0) is 19.1 Å². The Labute approximate surface area is 197 Å². The summed E-state index contributed by atoms with van der Waals surface area (Å²) in [6.07, 6.45) is 18.4. The number of rotatable bonds is 6. The van der Waals surface area contributed by atoms with Crippen LogP contribution in [0.2, 0.25) is 0 Å². The fourth-order valence-electron chi connectivity index (χ4n) is 5.14. The number of hydrogen-bond donors (Lipinski definition) is 1. The minimum atomic E-state index is -1.10. The van der Waals surface area contributed by atoms with E-state index in [4.69, 9.17) is 9.47 Å². The van der Waals surface area contributed by atoms with Crippen molar-refractivity contribution in [3.8, 4) is 0 Å². The molecule has 7 atom stereocenters. The third kappa shape index (κ3) is 4.24. The first-order valence-electron chi connectivity index (χ1n) is 11.5. The lowest BCUT2D eigenvalue weighted by molar-refractivity contribution is -0.161. The molecule has 0 radical (unpaired) electrons. The van der Waals surface area contributed by atoms with Crippen molar-refractivity contribution in [3.63, 3.8) is 0 Å². The fraction of sp³-hybridized carbons (Fsp3) is 0.500. The molecule has 1 N–H and O–H groups in total. The molecule has 0 amide bonds. The Morgan fingerprint density at radius 1 is 1.00 bits per heavy atom. The van der Waals surface area contributed by atoms with E-state index in [2.05, 4.69) is 0 Å². The molecular weight excluding hydrogens is 416 g/mol. The Bertz CT molecular complexity index is 992. The third-order valence-corrected chi connectivity index (χ3v) is 7.65. The van der Waals surface area contributed by atoms with Crippen molar-refractivity contribution in [2.45, 2.75) is 72.4 Å². The maximum absolute atomic E-state index is 12.6. The summed E-state index contributed by atoms with van der Waals surface area (Å²) >= 11 is 0. The van der Waals surface area contributed by atoms with Gasteiger partial charge in [0.15, 0.2) is 5.78 Å². The molecule has 2 bridgehead atoms. The number of hydrogen-bond acceptors (Lipinski definition) is 5. The van der Waals surface area contributed by atoms with Crippen molar-refractivity contribution < 1.29 is 24.2 Å². The van der Waals surface area contributed by atoms with Gasteiger partial charge >= 0.3 is 5.97 Å². The van der Waals surface area contributed by atoms with Gasteiger partial charge in [0, 0.05) is 5.41 Å². The normalized spacial score (nSPS) is 41.8. The SMILES string of the molecule is CC1=C[C@@](C)(O)[C@@H](C)O[C@H]1/C(C)=C/C=C/C=C/C=C/C=C/[C@]1(C)[C@H]2OC(=O)[C@]1(C)C(=O)[C@@H]2C. The lowest BCUT2D eigenvalue weighted by Crippen LogP contribution is -2.44. The monoisotopic (exact) mass is 452 g/mol. The molecule has 0 spiro atoms. The first-order chi connectivity index (χ1) is 15.4. The summed E-state index contributed by atoms with van der Waals surface area (Å²) in [6, 6.07) is 0. The van der Waals surface area contributed by atoms with Crippen molar-refractivity contribution in [1.82, 2.24) is 0 Å². The van der Waals surface area contributed by atoms with E-state index < -0.39 is 28.5 Å². The standard InChI is InChI=1S/C28H36O5/c1-18(22-19(2)17-27(6,31)21(4)32-22)15-13-11-9-8-10-12-14-16-26(5)24-20(3)23(29)28(26,7)25(30)33-24/h8-17,20-22,24,31H,1-7H3/b9-8+,12-10+,13-11+,16-14+,18-15+/t20-,21+,22-,24-,26+,27+,28-/m0/s1. The number of esters is 1. The second kappa shape index (κ2) is 9.03. The predicted molar refractivity (Wildman–Crippen MR) is 129 cm³/mol. The molecule has 5 nitrogen and oxygen atoms in total. The van der Waals surface area contributed by atoms with Crippen LogP contribution in [0.1, 0.15) is 48.5 Å². The molecule has 3 aliphatic rings. The second-order valence-corrected chi connectivity index (χ2v) is 10.1. The van der Waals surface area contributed by atoms with E-state index in [0.717, 1.165) is 11.1 Å². The molecule has 178 valence electrons. The first kappa shape index (κ1) is 25.1. The summed E-state index contributed by atoms with van der Waals surface area (Å²) in [4.78, 5) is 24.8. The van der Waals surface area contributed by atoms with E-state index in [1.165, 1.54) is 0 Å². The second-order valence-electron chi connectivity index (χ2n) is 10.1. The molecule has 1 aliphatic carbocycles. The number of Topliss-reactive ketones (excluding diaryl/α,β-unsaturated/α-hetero) is 1. The van der Waals surface area contributed by atoms with Gasteiger partial charge in [0.2, 0.25) is 0 Å². The number of ether oxygens (including phenoxy) is 2. The van der Waals surface area contributed by atoms with Crippen molar-refractivity contribution in [2.24, 2.45) is 16.7 Å². The quantitative estimate of drug-likeness (QED) is 0.271. The van der Waals surface area contributed by atoms with Crippen molar-refractivity contribution >= 4 is 11.8 Å². The number of allylic oxidation sites excluding steroid dienone is 8. The van der Waals surface area contributed by atoms with Crippen LogP contribution in [0.15, 0.2) is 71.9 Å². The van der Waals surface area contributed by atoms with Gasteiger partial charge in [-0.3, -0.25) is 9.59 Å². The topological polar surface area (TPSA) is 72.8 Å². The minimum Gasteiger partial charge on any atom is -0.460 e. The van der Waals surface area contributed by atoms with E-state index in [1.807, 2.05) is 95.4 Å². The highest BCUT2D eigenvalue weighted by Gasteiger charge is 2.73. The molecule has 5 heteroatoms. The van der Waals surface area contributed by atoms with E-state index in [1.54, 1.807) is 13.8 Å². The lowest BCUT2D eigenvalue weighted by Gasteiger charge is -2.37. The highest BCUT2D eigenvalue weighted by molar-refractivity contribution is 6.10. The fourth-order valence-corrected chi connectivity index (χ4v) is 5.14. The number of ketones is 1. The molecule has 1 saturated carbocycles. The van der Waals surface area contributed by atoms with Gasteiger partial charge in [0.25, 0.3) is 0 Å². The van der Waals surface area contributed by atoms with Crippen LogP contribution < -0.4 is 0 Å². The number of carbonyl (C=O) groups is 2. The van der Waals surface area contributed by atoms with Crippen LogP contribution in [0, 0.1) is 16.7 Å². The number of fused-ring (bicyclic) bond motifs is 2. The number of aliphatic hydroxyl groups is 1. The Hall–Kier alpha value is -2.50. The van der Waals surface area contributed by atoms with E-state index in [9.17, 15) is 14.7 Å². The Balaban J connectivity index is 1.56. The molecule has 0 aromatic carbocycles. The van der Waals surface area contributed by atoms with Crippen LogP contribution in [-0.4, -0.2) is 40.8 Å². The van der Waals surface area contributed by atoms with Crippen LogP contribution in [0.3, 0.4) is 0 Å². The van der Waals surface area contributed by atoms with Crippen LogP contribution in [0.25, 0.3) is 0 Å². The first-order valence-corrected chi connectivity index (χ1v) is 11.5. The molecule has 3 rings (SSSR count). The average Bonchev–Trinajstić information content (AvgIpc) is 3.02. The van der Waals surface area contributed by atoms with Crippen molar-refractivity contribution in [3.05, 3.63) is 71.9 Å². The molecule has 33 heavy (non-hydrogen) atoms. The van der Waals surface area contributed by atoms with Crippen LogP contribution in [0.5, 0.6) is 0 Å². The molecular formula is C28H36O5. The van der Waals surface area contributed by atoms with Gasteiger partial charge in [-0.15, -0.1) is 0 Å². The van der Waals surface area contributed by atoms with E-state index in [-0.39, 0.29) is 23.9 Å². The summed E-state index contributed by atoms with van der Waals surface area (Å²) in [5.41, 5.74) is -0.596. The van der Waals surface area contributed by atoms with Gasteiger partial charge in [0.1, 0.15) is 17.1 Å². The lowest BCUT2D eigenvalue weighted by atomic mass is 9.68. The Morgan fingerprint density at radius 3 is 2.18 bits per heavy atom. The van der Waals surface area contributed by atoms with Crippen molar-refractivity contribution in [2.75, 3.05) is 0 Å². The van der Waals surface area contributed by atoms with Gasteiger partial charge < -0.3 is 14.6 Å². The summed E-state index contributed by atoms with van der Waals surface area (Å²) in [5.74, 6) is -0.718. The minimum absolute atomic E-state index is 0.0302. The average molecular weight is 453 g/mol. The van der Waals surface area contributed by atoms with Crippen LogP contribution in [0.4, 0.5) is 0 Å². The summed E-state index contributed by atoms with van der Waals surface area (Å²) < 4.78 is 11.5. The van der Waals surface area contributed by atoms with Gasteiger partial charge in [-0.2, -0.15) is 0 Å². The summed E-state index contributed by atoms with van der Waals surface area (Å²) in [5, 5.41) is 10.3. The number of carbonyl (C=O) groups excluding carboxylic acids is 2. The zero-order valence-electron chi connectivity index (χ0n) is 20.7. The van der Waals surface area contributed by atoms with Gasteiger partial charge in [0.05, 0.1) is 18.1 Å². The van der Waals surface area contributed by atoms with Gasteiger partial charge in [-0.25, -0.2) is 0 Å². The van der Waals surface area contributed by atoms with Crippen molar-refractivity contribution in [1.29, 1.82) is 0 Å². The zero-order valence-corrected chi connectivity index (χ0v) is 20.7. The van der Waals surface area contributed by atoms with E-state index in [0.29, 0.717) is 0 Å². The highest BCUT2D eigenvalue weighted by Crippen LogP contribution is 2.60. The zero-order chi connectivity index (χ0) is 24.6. The Morgan fingerprint density at radius 2 is 1.58 bits per heavy atom. The molecule has 0 aromatic heterocycles. The predicted octanol–water partition coefficient (Wildman–Crippen LogP) is 4.80. The maximum atomic E-state index is 12.6. The largest absolute Gasteiger partial charge is 0.460 e. The summed E-state index contributed by atoms with van der Waals surface area (Å²) in [7, 11) is 0. The molecule has 1 saturated heterocycles. The molecule has 0 unspecified atom stereocenters. The van der Waals surface area contributed by atoms with Gasteiger partial charge in [-0.05, 0) is 51.8 Å². The molecule has 0 aromatic rings. The van der Waals surface area contributed by atoms with E-state index >= 15 is 0 Å². The third-order valence-electron chi connectivity index (χ3n) is 7.65. The molecule has 2 heterocycles. The molecule has 2 aliphatic heterocycles. The highest BCUT2D eigenvalue weighted by atomic mass is 16.6. The maximum Gasteiger partial charge on any atom is 0.320 e.